The minimum absolute atomic E-state index is 3.08. The average Bonchev–Trinajstić information content (AvgIpc) is 1.62. The second-order valence-electron chi connectivity index (χ2n) is 1.09. The molecule has 0 aliphatic carbocycles. The molecule has 0 aliphatic heterocycles. The summed E-state index contributed by atoms with van der Waals surface area (Å²) in [5, 5.41) is 0. The van der Waals surface area contributed by atoms with E-state index in [0.717, 1.165) is 0 Å². The lowest BCUT2D eigenvalue weighted by Gasteiger charge is -1.99. The van der Waals surface area contributed by atoms with Crippen LogP contribution in [0.25, 0.3) is 0 Å². The van der Waals surface area contributed by atoms with Gasteiger partial charge in [-0.1, -0.05) is 0 Å². The molecule has 0 rings (SSSR count). The summed E-state index contributed by atoms with van der Waals surface area (Å²) in [6, 6.07) is 0. The third-order valence-corrected chi connectivity index (χ3v) is 0.429. The van der Waals surface area contributed by atoms with Crippen LogP contribution in [-0.4, -0.2) is 12.0 Å². The lowest BCUT2D eigenvalue weighted by atomic mass is 10.4. The van der Waals surface area contributed by atoms with Gasteiger partial charge in [0.1, 0.15) is 0 Å². The SMILES string of the molecule is O=C([C](F)F)C(F)(F)F. The fourth-order valence-electron chi connectivity index (χ4n) is 0.107. The molecule has 0 N–H and O–H groups in total. The number of carbonyl (C=O) groups excluding carboxylic acids is 1. The summed E-state index contributed by atoms with van der Waals surface area (Å²) in [6.45, 7) is 0. The minimum atomic E-state index is -5.45. The molecule has 0 aliphatic rings. The van der Waals surface area contributed by atoms with Crippen molar-refractivity contribution in [1.82, 2.24) is 0 Å². The molecule has 1 nitrogen and oxygen atoms in total. The molecule has 0 aromatic rings. The van der Waals surface area contributed by atoms with Crippen LogP contribution in [-0.2, 0) is 4.79 Å². The number of hydrogen-bond donors (Lipinski definition) is 0. The topological polar surface area (TPSA) is 17.1 Å². The van der Waals surface area contributed by atoms with E-state index in [9.17, 15) is 26.7 Å². The van der Waals surface area contributed by atoms with Gasteiger partial charge in [-0.25, -0.2) is 0 Å². The first-order chi connectivity index (χ1) is 3.85. The predicted octanol–water partition coefficient (Wildman–Crippen LogP) is 1.55. The number of rotatable bonds is 1. The maximum Gasteiger partial charge on any atom is 0.456 e. The minimum Gasteiger partial charge on any atom is -0.282 e. The maximum absolute atomic E-state index is 10.8. The van der Waals surface area contributed by atoms with Crippen LogP contribution in [0.1, 0.15) is 0 Å². The summed E-state index contributed by atoms with van der Waals surface area (Å²) in [7, 11) is 0. The van der Waals surface area contributed by atoms with Crippen molar-refractivity contribution in [2.75, 3.05) is 0 Å². The highest BCUT2D eigenvalue weighted by molar-refractivity contribution is 5.92. The zero-order valence-electron chi connectivity index (χ0n) is 3.80. The molecule has 9 heavy (non-hydrogen) atoms. The van der Waals surface area contributed by atoms with Crippen LogP contribution in [0.2, 0.25) is 0 Å². The fourth-order valence-corrected chi connectivity index (χ4v) is 0.107. The second kappa shape index (κ2) is 2.28. The first kappa shape index (κ1) is 8.32. The van der Waals surface area contributed by atoms with Gasteiger partial charge in [0.15, 0.2) is 0 Å². The van der Waals surface area contributed by atoms with Gasteiger partial charge in [0.2, 0.25) is 0 Å². The summed E-state index contributed by atoms with van der Waals surface area (Å²) in [5.41, 5.74) is 0. The zero-order valence-corrected chi connectivity index (χ0v) is 3.80. The van der Waals surface area contributed by atoms with E-state index in [1.54, 1.807) is 0 Å². The smallest absolute Gasteiger partial charge is 0.282 e. The maximum atomic E-state index is 10.8. The van der Waals surface area contributed by atoms with Gasteiger partial charge in [0, 0.05) is 0 Å². The van der Waals surface area contributed by atoms with Gasteiger partial charge < -0.3 is 0 Å². The zero-order chi connectivity index (χ0) is 7.65. The Labute approximate surface area is 46.5 Å². The van der Waals surface area contributed by atoms with Crippen LogP contribution in [0, 0.1) is 6.43 Å². The van der Waals surface area contributed by atoms with Gasteiger partial charge in [-0.15, -0.1) is 0 Å². The van der Waals surface area contributed by atoms with Gasteiger partial charge in [0.05, 0.1) is 0 Å². The third-order valence-electron chi connectivity index (χ3n) is 0.429. The van der Waals surface area contributed by atoms with Gasteiger partial charge >= 0.3 is 18.4 Å². The van der Waals surface area contributed by atoms with Gasteiger partial charge in [-0.3, -0.25) is 4.79 Å². The Morgan fingerprint density at radius 1 is 1.11 bits per heavy atom. The van der Waals surface area contributed by atoms with Crippen LogP contribution < -0.4 is 0 Å². The van der Waals surface area contributed by atoms with Crippen LogP contribution in [0.5, 0.6) is 0 Å². The van der Waals surface area contributed by atoms with Crippen molar-refractivity contribution in [2.24, 2.45) is 0 Å². The number of ketones is 1. The monoisotopic (exact) mass is 147 g/mol. The van der Waals surface area contributed by atoms with Crippen molar-refractivity contribution < 1.29 is 26.7 Å². The van der Waals surface area contributed by atoms with Crippen LogP contribution in [0.3, 0.4) is 0 Å². The van der Waals surface area contributed by atoms with Crippen LogP contribution >= 0.6 is 0 Å². The van der Waals surface area contributed by atoms with Gasteiger partial charge in [-0.2, -0.15) is 22.0 Å². The Hall–Kier alpha value is -0.680. The largest absolute Gasteiger partial charge is 0.456 e. The van der Waals surface area contributed by atoms with E-state index < -0.39 is 18.4 Å². The molecule has 1 radical (unpaired) electrons. The number of halogens is 5. The van der Waals surface area contributed by atoms with Crippen molar-refractivity contribution in [3.63, 3.8) is 0 Å². The predicted molar refractivity (Wildman–Crippen MR) is 16.5 cm³/mol. The quantitative estimate of drug-likeness (QED) is 0.514. The summed E-state index contributed by atoms with van der Waals surface area (Å²) < 4.78 is 54.1. The normalized spacial score (nSPS) is 12.2. The fraction of sp³-hybridized carbons (Fsp3) is 0.333. The molecule has 0 saturated heterocycles. The lowest BCUT2D eigenvalue weighted by Crippen LogP contribution is -2.24. The first-order valence-electron chi connectivity index (χ1n) is 1.65. The molecule has 0 unspecified atom stereocenters. The Morgan fingerprint density at radius 2 is 1.44 bits per heavy atom. The highest BCUT2D eigenvalue weighted by Gasteiger charge is 2.45. The molecule has 0 spiro atoms. The molecule has 0 aromatic heterocycles. The average molecular weight is 147 g/mol. The number of alkyl halides is 3. The molecule has 0 bridgehead atoms. The molecule has 0 atom stereocenters. The van der Waals surface area contributed by atoms with E-state index in [0.29, 0.717) is 0 Å². The summed E-state index contributed by atoms with van der Waals surface area (Å²) in [4.78, 5) is 9.25. The van der Waals surface area contributed by atoms with Crippen molar-refractivity contribution >= 4 is 5.78 Å². The van der Waals surface area contributed by atoms with Crippen LogP contribution in [0.4, 0.5) is 22.0 Å². The van der Waals surface area contributed by atoms with E-state index in [4.69, 9.17) is 0 Å². The number of carbonyl (C=O) groups is 1. The standard InChI is InChI=1S/C3F5O/c4-2(5)1(9)3(6,7)8. The van der Waals surface area contributed by atoms with Crippen molar-refractivity contribution in [3.05, 3.63) is 6.43 Å². The molecule has 6 heteroatoms. The highest BCUT2D eigenvalue weighted by Crippen LogP contribution is 2.23. The summed E-state index contributed by atoms with van der Waals surface area (Å²) >= 11 is 0. The molecular weight excluding hydrogens is 147 g/mol. The van der Waals surface area contributed by atoms with E-state index in [2.05, 4.69) is 0 Å². The Morgan fingerprint density at radius 3 is 1.44 bits per heavy atom. The molecule has 0 heterocycles. The van der Waals surface area contributed by atoms with E-state index >= 15 is 0 Å². The van der Waals surface area contributed by atoms with Gasteiger partial charge in [0.25, 0.3) is 0 Å². The molecule has 53 valence electrons. The molecular formula is C3F5O. The Balaban J connectivity index is 4.06. The van der Waals surface area contributed by atoms with E-state index in [-0.39, 0.29) is 0 Å². The van der Waals surface area contributed by atoms with Crippen LogP contribution in [0.15, 0.2) is 0 Å². The molecule has 0 fully saturated rings. The number of hydrogen-bond acceptors (Lipinski definition) is 1. The Bertz CT molecular complexity index is 114. The molecule has 0 saturated carbocycles. The second-order valence-corrected chi connectivity index (χ2v) is 1.09. The molecule has 0 aromatic carbocycles. The summed E-state index contributed by atoms with van der Waals surface area (Å²) in [6.07, 6.45) is -8.68. The van der Waals surface area contributed by atoms with Crippen molar-refractivity contribution in [3.8, 4) is 0 Å². The molecule has 0 amide bonds. The lowest BCUT2D eigenvalue weighted by molar-refractivity contribution is -0.174. The van der Waals surface area contributed by atoms with Gasteiger partial charge in [-0.05, 0) is 0 Å². The van der Waals surface area contributed by atoms with E-state index in [1.807, 2.05) is 0 Å². The van der Waals surface area contributed by atoms with Crippen molar-refractivity contribution in [1.29, 1.82) is 0 Å². The number of Topliss-reactive ketones (excluding diaryl/α,β-unsaturated/α-hetero) is 1. The first-order valence-corrected chi connectivity index (χ1v) is 1.65. The van der Waals surface area contributed by atoms with E-state index in [1.165, 1.54) is 0 Å². The summed E-state index contributed by atoms with van der Waals surface area (Å²) in [5.74, 6) is -3.08. The Kier molecular flexibility index (Phi) is 2.11. The highest BCUT2D eigenvalue weighted by atomic mass is 19.4. The third kappa shape index (κ3) is 2.39. The van der Waals surface area contributed by atoms with Crippen molar-refractivity contribution in [2.45, 2.75) is 6.18 Å².